The summed E-state index contributed by atoms with van der Waals surface area (Å²) in [6.45, 7) is 3.66. The smallest absolute Gasteiger partial charge is 0.0434 e. The van der Waals surface area contributed by atoms with Crippen molar-refractivity contribution in [3.63, 3.8) is 0 Å². The monoisotopic (exact) mass is 288 g/mol. The van der Waals surface area contributed by atoms with Crippen LogP contribution in [0.2, 0.25) is 0 Å². The molecule has 1 aromatic carbocycles. The van der Waals surface area contributed by atoms with Crippen molar-refractivity contribution >= 4 is 5.69 Å². The number of aliphatic hydroxyl groups excluding tert-OH is 1. The number of piperidine rings is 1. The first-order valence-corrected chi connectivity index (χ1v) is 8.49. The van der Waals surface area contributed by atoms with Gasteiger partial charge >= 0.3 is 0 Å². The van der Waals surface area contributed by atoms with Crippen LogP contribution in [0.25, 0.3) is 0 Å². The molecule has 116 valence electrons. The first-order valence-electron chi connectivity index (χ1n) is 8.49. The average molecular weight is 288 g/mol. The van der Waals surface area contributed by atoms with E-state index in [-0.39, 0.29) is 0 Å². The molecule has 3 rings (SSSR count). The molecule has 1 saturated carbocycles. The quantitative estimate of drug-likeness (QED) is 0.845. The third-order valence-corrected chi connectivity index (χ3v) is 5.12. The molecule has 3 heteroatoms. The Morgan fingerprint density at radius 2 is 1.90 bits per heavy atom. The zero-order valence-corrected chi connectivity index (χ0v) is 12.9. The van der Waals surface area contributed by atoms with Crippen LogP contribution in [0.5, 0.6) is 0 Å². The van der Waals surface area contributed by atoms with Gasteiger partial charge in [0, 0.05) is 31.4 Å². The Labute approximate surface area is 128 Å². The molecule has 2 aliphatic rings. The van der Waals surface area contributed by atoms with E-state index in [4.69, 9.17) is 0 Å². The summed E-state index contributed by atoms with van der Waals surface area (Å²) < 4.78 is 0. The molecule has 0 amide bonds. The number of rotatable bonds is 6. The highest BCUT2D eigenvalue weighted by Gasteiger charge is 2.28. The Balaban J connectivity index is 1.60. The van der Waals surface area contributed by atoms with Crippen molar-refractivity contribution in [3.05, 3.63) is 30.3 Å². The molecule has 1 aliphatic heterocycles. The number of aliphatic hydroxyl groups is 1. The third kappa shape index (κ3) is 3.98. The van der Waals surface area contributed by atoms with Crippen molar-refractivity contribution < 1.29 is 5.11 Å². The summed E-state index contributed by atoms with van der Waals surface area (Å²) in [4.78, 5) is 2.49. The van der Waals surface area contributed by atoms with Gasteiger partial charge in [0.25, 0.3) is 0 Å². The highest BCUT2D eigenvalue weighted by Crippen LogP contribution is 2.28. The highest BCUT2D eigenvalue weighted by atomic mass is 16.3. The van der Waals surface area contributed by atoms with Crippen LogP contribution >= 0.6 is 0 Å². The Bertz CT molecular complexity index is 418. The van der Waals surface area contributed by atoms with E-state index in [1.807, 2.05) is 0 Å². The van der Waals surface area contributed by atoms with Gasteiger partial charge in [-0.1, -0.05) is 24.6 Å². The summed E-state index contributed by atoms with van der Waals surface area (Å²) in [7, 11) is 0. The predicted octanol–water partition coefficient (Wildman–Crippen LogP) is 2.65. The minimum Gasteiger partial charge on any atom is -0.396 e. The Kier molecular flexibility index (Phi) is 5.15. The number of nitrogens with zero attached hydrogens (tertiary/aromatic N) is 1. The van der Waals surface area contributed by atoms with Crippen LogP contribution < -0.4 is 10.2 Å². The molecule has 2 atom stereocenters. The van der Waals surface area contributed by atoms with E-state index < -0.39 is 0 Å². The van der Waals surface area contributed by atoms with Crippen LogP contribution in [0.3, 0.4) is 0 Å². The number of hydrogen-bond donors (Lipinski definition) is 2. The van der Waals surface area contributed by atoms with E-state index in [1.54, 1.807) is 0 Å². The molecular weight excluding hydrogens is 260 g/mol. The molecule has 0 spiro atoms. The molecule has 0 aromatic heterocycles. The minimum absolute atomic E-state index is 0.308. The summed E-state index contributed by atoms with van der Waals surface area (Å²) in [5.41, 5.74) is 1.32. The number of anilines is 1. The van der Waals surface area contributed by atoms with Crippen molar-refractivity contribution in [2.24, 2.45) is 11.8 Å². The molecule has 0 bridgehead atoms. The van der Waals surface area contributed by atoms with Gasteiger partial charge in [-0.05, 0) is 56.2 Å². The van der Waals surface area contributed by atoms with Gasteiger partial charge in [0.05, 0.1) is 0 Å². The van der Waals surface area contributed by atoms with Crippen LogP contribution in [0.4, 0.5) is 5.69 Å². The molecule has 0 radical (unpaired) electrons. The molecule has 1 aromatic rings. The van der Waals surface area contributed by atoms with Crippen LogP contribution in [0, 0.1) is 11.8 Å². The summed E-state index contributed by atoms with van der Waals surface area (Å²) in [6.07, 6.45) is 6.35. The summed E-state index contributed by atoms with van der Waals surface area (Å²) in [5.74, 6) is 1.51. The van der Waals surface area contributed by atoms with Gasteiger partial charge in [0.15, 0.2) is 0 Å². The Hall–Kier alpha value is -1.06. The van der Waals surface area contributed by atoms with Gasteiger partial charge in [-0.25, -0.2) is 0 Å². The molecule has 2 N–H and O–H groups in total. The molecule has 1 heterocycles. The zero-order valence-electron chi connectivity index (χ0n) is 12.9. The van der Waals surface area contributed by atoms with Crippen molar-refractivity contribution in [3.8, 4) is 0 Å². The standard InChI is InChI=1S/C18H28N2O/c21-10-9-16-11-17(19-12-15-5-4-6-15)14-20(13-16)18-7-2-1-3-8-18/h1-3,7-8,15-17,19,21H,4-6,9-14H2. The summed E-state index contributed by atoms with van der Waals surface area (Å²) >= 11 is 0. The molecule has 1 aliphatic carbocycles. The van der Waals surface area contributed by atoms with Crippen LogP contribution in [0.1, 0.15) is 32.1 Å². The maximum absolute atomic E-state index is 9.29. The highest BCUT2D eigenvalue weighted by molar-refractivity contribution is 5.46. The zero-order chi connectivity index (χ0) is 14.5. The van der Waals surface area contributed by atoms with Gasteiger partial charge in [-0.15, -0.1) is 0 Å². The molecule has 2 unspecified atom stereocenters. The van der Waals surface area contributed by atoms with E-state index >= 15 is 0 Å². The summed E-state index contributed by atoms with van der Waals surface area (Å²) in [5, 5.41) is 13.1. The first-order chi connectivity index (χ1) is 10.3. The predicted molar refractivity (Wildman–Crippen MR) is 87.6 cm³/mol. The van der Waals surface area contributed by atoms with Crippen molar-refractivity contribution in [2.45, 2.75) is 38.1 Å². The largest absolute Gasteiger partial charge is 0.396 e. The maximum atomic E-state index is 9.29. The molecule has 1 saturated heterocycles. The first kappa shape index (κ1) is 14.9. The average Bonchev–Trinajstić information content (AvgIpc) is 2.47. The van der Waals surface area contributed by atoms with Crippen molar-refractivity contribution in [2.75, 3.05) is 31.1 Å². The van der Waals surface area contributed by atoms with Gasteiger partial charge < -0.3 is 15.3 Å². The van der Waals surface area contributed by atoms with E-state index in [0.29, 0.717) is 18.6 Å². The van der Waals surface area contributed by atoms with Gasteiger partial charge in [0.1, 0.15) is 0 Å². The number of para-hydroxylation sites is 1. The Morgan fingerprint density at radius 3 is 2.57 bits per heavy atom. The lowest BCUT2D eigenvalue weighted by Gasteiger charge is -2.40. The second-order valence-corrected chi connectivity index (χ2v) is 6.76. The van der Waals surface area contributed by atoms with Crippen LogP contribution in [-0.4, -0.2) is 37.4 Å². The maximum Gasteiger partial charge on any atom is 0.0434 e. The lowest BCUT2D eigenvalue weighted by atomic mass is 9.84. The number of hydrogen-bond acceptors (Lipinski definition) is 3. The van der Waals surface area contributed by atoms with Gasteiger partial charge in [0.2, 0.25) is 0 Å². The molecule has 21 heavy (non-hydrogen) atoms. The number of nitrogens with one attached hydrogen (secondary N) is 1. The van der Waals surface area contributed by atoms with Gasteiger partial charge in [-0.3, -0.25) is 0 Å². The second kappa shape index (κ2) is 7.28. The van der Waals surface area contributed by atoms with E-state index in [2.05, 4.69) is 40.5 Å². The minimum atomic E-state index is 0.308. The fraction of sp³-hybridized carbons (Fsp3) is 0.667. The van der Waals surface area contributed by atoms with E-state index in [0.717, 1.165) is 25.4 Å². The lowest BCUT2D eigenvalue weighted by Crippen LogP contribution is -2.50. The normalized spacial score (nSPS) is 26.6. The van der Waals surface area contributed by atoms with Crippen molar-refractivity contribution in [1.29, 1.82) is 0 Å². The van der Waals surface area contributed by atoms with E-state index in [1.165, 1.54) is 37.9 Å². The topological polar surface area (TPSA) is 35.5 Å². The van der Waals surface area contributed by atoms with Crippen LogP contribution in [-0.2, 0) is 0 Å². The Morgan fingerprint density at radius 1 is 1.10 bits per heavy atom. The fourth-order valence-corrected chi connectivity index (χ4v) is 3.62. The van der Waals surface area contributed by atoms with Crippen LogP contribution in [0.15, 0.2) is 30.3 Å². The second-order valence-electron chi connectivity index (χ2n) is 6.76. The molecule has 3 nitrogen and oxygen atoms in total. The third-order valence-electron chi connectivity index (χ3n) is 5.12. The number of benzene rings is 1. The summed E-state index contributed by atoms with van der Waals surface area (Å²) in [6, 6.07) is 11.3. The van der Waals surface area contributed by atoms with Crippen molar-refractivity contribution in [1.82, 2.24) is 5.32 Å². The fourth-order valence-electron chi connectivity index (χ4n) is 3.62. The lowest BCUT2D eigenvalue weighted by molar-refractivity contribution is 0.220. The van der Waals surface area contributed by atoms with Gasteiger partial charge in [-0.2, -0.15) is 0 Å². The molecular formula is C18H28N2O. The molecule has 2 fully saturated rings. The van der Waals surface area contributed by atoms with E-state index in [9.17, 15) is 5.11 Å². The SMILES string of the molecule is OCCC1CC(NCC2CCC2)CN(c2ccccc2)C1.